The Morgan fingerprint density at radius 2 is 1.95 bits per heavy atom. The number of amides is 1. The zero-order valence-corrected chi connectivity index (χ0v) is 11.6. The Morgan fingerprint density at radius 1 is 1.16 bits per heavy atom. The highest BCUT2D eigenvalue weighted by Crippen LogP contribution is 2.27. The van der Waals surface area contributed by atoms with Crippen LogP contribution in [0.5, 0.6) is 0 Å². The Balaban J connectivity index is 1.66. The molecule has 103 valence electrons. The van der Waals surface area contributed by atoms with Gasteiger partial charge in [-0.25, -0.2) is 0 Å². The van der Waals surface area contributed by atoms with Gasteiger partial charge in [-0.15, -0.1) is 0 Å². The first-order chi connectivity index (χ1) is 9.25. The van der Waals surface area contributed by atoms with Crippen molar-refractivity contribution in [2.24, 2.45) is 11.7 Å². The van der Waals surface area contributed by atoms with E-state index in [1.165, 1.54) is 50.5 Å². The smallest absolute Gasteiger partial charge is 0.248 e. The zero-order chi connectivity index (χ0) is 13.5. The third-order valence-electron chi connectivity index (χ3n) is 4.06. The molecular weight excluding hydrogens is 234 g/mol. The van der Waals surface area contributed by atoms with Gasteiger partial charge in [-0.1, -0.05) is 44.2 Å². The third-order valence-corrected chi connectivity index (χ3v) is 4.06. The molecule has 1 fully saturated rings. The lowest BCUT2D eigenvalue weighted by atomic mass is 9.85. The van der Waals surface area contributed by atoms with Crippen LogP contribution in [0, 0.1) is 12.3 Å². The molecular formula is C17H24NO. The fourth-order valence-corrected chi connectivity index (χ4v) is 2.86. The molecule has 1 aromatic carbocycles. The van der Waals surface area contributed by atoms with Crippen molar-refractivity contribution in [3.05, 3.63) is 41.8 Å². The molecule has 19 heavy (non-hydrogen) atoms. The van der Waals surface area contributed by atoms with Crippen LogP contribution in [-0.2, 0) is 6.42 Å². The molecule has 1 aliphatic carbocycles. The summed E-state index contributed by atoms with van der Waals surface area (Å²) in [6.07, 6.45) is 13.0. The SMILES string of the molecule is NC(=O)c1ccc(CCCC[C@H]2[CH]CCCC2)cc1. The lowest BCUT2D eigenvalue weighted by Crippen LogP contribution is -2.10. The number of benzene rings is 1. The fourth-order valence-electron chi connectivity index (χ4n) is 2.86. The molecule has 0 aromatic heterocycles. The minimum absolute atomic E-state index is 0.348. The molecule has 2 heteroatoms. The van der Waals surface area contributed by atoms with Crippen molar-refractivity contribution in [1.29, 1.82) is 0 Å². The number of hydrogen-bond donors (Lipinski definition) is 1. The van der Waals surface area contributed by atoms with Gasteiger partial charge in [0.1, 0.15) is 0 Å². The van der Waals surface area contributed by atoms with Crippen LogP contribution < -0.4 is 5.73 Å². The molecule has 0 unspecified atom stereocenters. The van der Waals surface area contributed by atoms with Crippen LogP contribution >= 0.6 is 0 Å². The Labute approximate surface area is 116 Å². The molecule has 1 aromatic rings. The summed E-state index contributed by atoms with van der Waals surface area (Å²) in [4.78, 5) is 11.0. The summed E-state index contributed by atoms with van der Waals surface area (Å²) >= 11 is 0. The van der Waals surface area contributed by atoms with Gasteiger partial charge < -0.3 is 5.73 Å². The number of hydrogen-bond acceptors (Lipinski definition) is 1. The first kappa shape index (κ1) is 14.1. The largest absolute Gasteiger partial charge is 0.366 e. The van der Waals surface area contributed by atoms with Crippen LogP contribution in [0.2, 0.25) is 0 Å². The quantitative estimate of drug-likeness (QED) is 0.773. The van der Waals surface area contributed by atoms with E-state index in [9.17, 15) is 4.79 Å². The topological polar surface area (TPSA) is 43.1 Å². The van der Waals surface area contributed by atoms with E-state index in [-0.39, 0.29) is 5.91 Å². The van der Waals surface area contributed by atoms with Crippen molar-refractivity contribution >= 4 is 5.91 Å². The van der Waals surface area contributed by atoms with Crippen molar-refractivity contribution in [2.75, 3.05) is 0 Å². The number of aryl methyl sites for hydroxylation is 1. The maximum atomic E-state index is 11.0. The molecule has 1 atom stereocenters. The Bertz CT molecular complexity index is 390. The Morgan fingerprint density at radius 3 is 2.58 bits per heavy atom. The summed E-state index contributed by atoms with van der Waals surface area (Å²) in [6, 6.07) is 7.69. The van der Waals surface area contributed by atoms with Gasteiger partial charge in [-0.2, -0.15) is 0 Å². The first-order valence-corrected chi connectivity index (χ1v) is 7.48. The van der Waals surface area contributed by atoms with Gasteiger partial charge >= 0.3 is 0 Å². The highest BCUT2D eigenvalue weighted by molar-refractivity contribution is 5.92. The van der Waals surface area contributed by atoms with Crippen LogP contribution in [0.15, 0.2) is 24.3 Å². The van der Waals surface area contributed by atoms with Gasteiger partial charge in [0, 0.05) is 5.56 Å². The van der Waals surface area contributed by atoms with E-state index >= 15 is 0 Å². The predicted molar refractivity (Wildman–Crippen MR) is 78.8 cm³/mol. The zero-order valence-electron chi connectivity index (χ0n) is 11.6. The van der Waals surface area contributed by atoms with Gasteiger partial charge in [0.2, 0.25) is 5.91 Å². The van der Waals surface area contributed by atoms with Crippen molar-refractivity contribution in [1.82, 2.24) is 0 Å². The van der Waals surface area contributed by atoms with E-state index in [1.807, 2.05) is 24.3 Å². The average molecular weight is 258 g/mol. The second kappa shape index (κ2) is 7.32. The number of primary amides is 1. The highest BCUT2D eigenvalue weighted by Gasteiger charge is 2.12. The van der Waals surface area contributed by atoms with Crippen LogP contribution in [0.25, 0.3) is 0 Å². The lowest BCUT2D eigenvalue weighted by Gasteiger charge is -2.20. The van der Waals surface area contributed by atoms with Gasteiger partial charge in [0.05, 0.1) is 0 Å². The van der Waals surface area contributed by atoms with Crippen LogP contribution in [0.4, 0.5) is 0 Å². The third kappa shape index (κ3) is 4.70. The normalized spacial score (nSPS) is 16.4. The van der Waals surface area contributed by atoms with E-state index < -0.39 is 0 Å². The summed E-state index contributed by atoms with van der Waals surface area (Å²) in [5.41, 5.74) is 7.13. The summed E-state index contributed by atoms with van der Waals surface area (Å²) in [6.45, 7) is 0. The van der Waals surface area contributed by atoms with E-state index in [2.05, 4.69) is 6.42 Å². The number of carbonyl (C=O) groups excluding carboxylic acids is 1. The van der Waals surface area contributed by atoms with Gasteiger partial charge in [0.25, 0.3) is 0 Å². The summed E-state index contributed by atoms with van der Waals surface area (Å²) < 4.78 is 0. The van der Waals surface area contributed by atoms with E-state index in [0.29, 0.717) is 5.56 Å². The lowest BCUT2D eigenvalue weighted by molar-refractivity contribution is 0.100. The number of carbonyl (C=O) groups is 1. The average Bonchev–Trinajstić information content (AvgIpc) is 2.45. The number of unbranched alkanes of at least 4 members (excludes halogenated alkanes) is 1. The van der Waals surface area contributed by atoms with Crippen molar-refractivity contribution in [2.45, 2.75) is 51.4 Å². The minimum atomic E-state index is -0.348. The van der Waals surface area contributed by atoms with E-state index in [0.717, 1.165) is 12.3 Å². The minimum Gasteiger partial charge on any atom is -0.366 e. The maximum absolute atomic E-state index is 11.0. The molecule has 2 nitrogen and oxygen atoms in total. The van der Waals surface area contributed by atoms with Crippen molar-refractivity contribution < 1.29 is 4.79 Å². The molecule has 0 spiro atoms. The second-order valence-corrected chi connectivity index (χ2v) is 5.59. The second-order valence-electron chi connectivity index (χ2n) is 5.59. The number of rotatable bonds is 6. The number of nitrogens with two attached hydrogens (primary N) is 1. The Kier molecular flexibility index (Phi) is 5.44. The van der Waals surface area contributed by atoms with Crippen LogP contribution in [-0.4, -0.2) is 5.91 Å². The molecule has 1 amide bonds. The van der Waals surface area contributed by atoms with Gasteiger partial charge in [-0.3, -0.25) is 4.79 Å². The first-order valence-electron chi connectivity index (χ1n) is 7.48. The van der Waals surface area contributed by atoms with Crippen LogP contribution in [0.3, 0.4) is 0 Å². The van der Waals surface area contributed by atoms with E-state index in [4.69, 9.17) is 5.73 Å². The van der Waals surface area contributed by atoms with E-state index in [1.54, 1.807) is 0 Å². The Hall–Kier alpha value is -1.31. The van der Waals surface area contributed by atoms with Crippen molar-refractivity contribution in [3.8, 4) is 0 Å². The summed E-state index contributed by atoms with van der Waals surface area (Å²) in [5.74, 6) is 0.519. The molecule has 2 N–H and O–H groups in total. The fraction of sp³-hybridized carbons (Fsp3) is 0.529. The molecule has 1 radical (unpaired) electrons. The molecule has 0 heterocycles. The molecule has 1 saturated carbocycles. The van der Waals surface area contributed by atoms with Gasteiger partial charge in [-0.05, 0) is 49.3 Å². The van der Waals surface area contributed by atoms with Gasteiger partial charge in [0.15, 0.2) is 0 Å². The summed E-state index contributed by atoms with van der Waals surface area (Å²) in [7, 11) is 0. The maximum Gasteiger partial charge on any atom is 0.248 e. The molecule has 1 aliphatic rings. The molecule has 0 aliphatic heterocycles. The molecule has 2 rings (SSSR count). The standard InChI is InChI=1S/C17H24NO/c18-17(19)16-12-10-15(11-13-16)9-5-4-8-14-6-2-1-3-7-14/h6,10-14H,1-5,7-9H2,(H2,18,19)/t14-/m0/s1. The van der Waals surface area contributed by atoms with Crippen LogP contribution in [0.1, 0.15) is 60.9 Å². The molecule has 0 bridgehead atoms. The highest BCUT2D eigenvalue weighted by atomic mass is 16.1. The monoisotopic (exact) mass is 258 g/mol. The van der Waals surface area contributed by atoms with Crippen molar-refractivity contribution in [3.63, 3.8) is 0 Å². The molecule has 0 saturated heterocycles. The summed E-state index contributed by atoms with van der Waals surface area (Å²) in [5, 5.41) is 0. The predicted octanol–water partition coefficient (Wildman–Crippen LogP) is 3.89.